The average Bonchev–Trinajstić information content (AvgIpc) is 2.68. The van der Waals surface area contributed by atoms with Crippen molar-refractivity contribution in [1.82, 2.24) is 0 Å². The minimum Gasteiger partial charge on any atom is -0.488 e. The summed E-state index contributed by atoms with van der Waals surface area (Å²) in [5.74, 6) is 7.00. The van der Waals surface area contributed by atoms with Crippen LogP contribution in [-0.4, -0.2) is 16.7 Å². The molecule has 2 aromatic carbocycles. The Kier molecular flexibility index (Phi) is 6.80. The van der Waals surface area contributed by atoms with Crippen molar-refractivity contribution in [3.8, 4) is 17.6 Å². The van der Waals surface area contributed by atoms with Gasteiger partial charge in [-0.05, 0) is 86.8 Å². The Labute approximate surface area is 186 Å². The van der Waals surface area contributed by atoms with Gasteiger partial charge in [0, 0.05) is 23.1 Å². The molecule has 1 aliphatic heterocycles. The minimum atomic E-state index is -0.724. The first-order valence-electron chi connectivity index (χ1n) is 11.3. The molecule has 0 spiro atoms. The van der Waals surface area contributed by atoms with Crippen molar-refractivity contribution >= 4 is 5.97 Å². The number of carboxylic acids is 1. The molecule has 0 saturated heterocycles. The zero-order chi connectivity index (χ0) is 22.6. The SMILES string of the molecule is CCc1cc2c(cc1C#Cc1ccc(CCCCC(=O)O)cc1)C(C)(C)CC(C)(C)O2. The monoisotopic (exact) mass is 418 g/mol. The molecule has 3 rings (SSSR count). The zero-order valence-electron chi connectivity index (χ0n) is 19.5. The topological polar surface area (TPSA) is 46.5 Å². The summed E-state index contributed by atoms with van der Waals surface area (Å²) in [6.45, 7) is 11.0. The van der Waals surface area contributed by atoms with E-state index in [-0.39, 0.29) is 17.4 Å². The van der Waals surface area contributed by atoms with Crippen LogP contribution in [0.25, 0.3) is 0 Å². The molecule has 1 aliphatic rings. The van der Waals surface area contributed by atoms with E-state index in [0.29, 0.717) is 6.42 Å². The fourth-order valence-electron chi connectivity index (χ4n) is 4.64. The lowest BCUT2D eigenvalue weighted by Gasteiger charge is -2.42. The predicted molar refractivity (Wildman–Crippen MR) is 126 cm³/mol. The molecule has 31 heavy (non-hydrogen) atoms. The summed E-state index contributed by atoms with van der Waals surface area (Å²) in [5, 5.41) is 8.73. The first-order chi connectivity index (χ1) is 14.6. The Hall–Kier alpha value is -2.73. The molecule has 3 nitrogen and oxygen atoms in total. The summed E-state index contributed by atoms with van der Waals surface area (Å²) in [6, 6.07) is 12.7. The number of hydrogen-bond acceptors (Lipinski definition) is 2. The second-order valence-electron chi connectivity index (χ2n) is 9.83. The molecule has 164 valence electrons. The summed E-state index contributed by atoms with van der Waals surface area (Å²) >= 11 is 0. The fraction of sp³-hybridized carbons (Fsp3) is 0.464. The molecule has 2 aromatic rings. The van der Waals surface area contributed by atoms with Gasteiger partial charge in [-0.25, -0.2) is 0 Å². The van der Waals surface area contributed by atoms with E-state index in [1.165, 1.54) is 16.7 Å². The van der Waals surface area contributed by atoms with E-state index in [0.717, 1.165) is 42.6 Å². The second-order valence-corrected chi connectivity index (χ2v) is 9.83. The Balaban J connectivity index is 1.79. The number of carboxylic acid groups (broad SMARTS) is 1. The Bertz CT molecular complexity index is 1000. The molecule has 0 saturated carbocycles. The predicted octanol–water partition coefficient (Wildman–Crippen LogP) is 6.28. The molecule has 0 amide bonds. The third-order valence-electron chi connectivity index (χ3n) is 5.97. The molecule has 0 aliphatic carbocycles. The summed E-state index contributed by atoms with van der Waals surface area (Å²) < 4.78 is 6.30. The highest BCUT2D eigenvalue weighted by atomic mass is 16.5. The van der Waals surface area contributed by atoms with Gasteiger partial charge in [-0.15, -0.1) is 0 Å². The molecule has 0 aromatic heterocycles. The maximum absolute atomic E-state index is 10.6. The molecule has 3 heteroatoms. The number of fused-ring (bicyclic) bond motifs is 1. The van der Waals surface area contributed by atoms with Gasteiger partial charge >= 0.3 is 5.97 Å². The number of ether oxygens (including phenoxy) is 1. The quantitative estimate of drug-likeness (QED) is 0.443. The van der Waals surface area contributed by atoms with E-state index in [2.05, 4.69) is 82.9 Å². The molecule has 0 radical (unpaired) electrons. The van der Waals surface area contributed by atoms with Crippen LogP contribution in [0, 0.1) is 11.8 Å². The number of benzene rings is 2. The van der Waals surface area contributed by atoms with Crippen LogP contribution in [0.15, 0.2) is 36.4 Å². The number of aryl methyl sites for hydroxylation is 2. The number of unbranched alkanes of at least 4 members (excludes halogenated alkanes) is 1. The van der Waals surface area contributed by atoms with E-state index in [9.17, 15) is 4.79 Å². The smallest absolute Gasteiger partial charge is 0.303 e. The summed E-state index contributed by atoms with van der Waals surface area (Å²) in [7, 11) is 0. The molecular weight excluding hydrogens is 384 g/mol. The molecule has 0 bridgehead atoms. The lowest BCUT2D eigenvalue weighted by molar-refractivity contribution is -0.137. The molecule has 1 N–H and O–H groups in total. The zero-order valence-corrected chi connectivity index (χ0v) is 19.5. The van der Waals surface area contributed by atoms with Crippen molar-refractivity contribution in [1.29, 1.82) is 0 Å². The van der Waals surface area contributed by atoms with Crippen LogP contribution in [0.1, 0.15) is 88.1 Å². The van der Waals surface area contributed by atoms with E-state index in [1.807, 2.05) is 0 Å². The van der Waals surface area contributed by atoms with Gasteiger partial charge in [0.25, 0.3) is 0 Å². The fourth-order valence-corrected chi connectivity index (χ4v) is 4.64. The maximum atomic E-state index is 10.6. The van der Waals surface area contributed by atoms with E-state index >= 15 is 0 Å². The number of carbonyl (C=O) groups is 1. The van der Waals surface area contributed by atoms with Gasteiger partial charge < -0.3 is 9.84 Å². The van der Waals surface area contributed by atoms with Crippen LogP contribution < -0.4 is 4.74 Å². The minimum absolute atomic E-state index is 0.0437. The third kappa shape index (κ3) is 5.91. The Morgan fingerprint density at radius 3 is 2.42 bits per heavy atom. The van der Waals surface area contributed by atoms with Crippen molar-refractivity contribution < 1.29 is 14.6 Å². The lowest BCUT2D eigenvalue weighted by Crippen LogP contribution is -2.41. The van der Waals surface area contributed by atoms with Crippen LogP contribution in [0.3, 0.4) is 0 Å². The van der Waals surface area contributed by atoms with Crippen LogP contribution in [-0.2, 0) is 23.1 Å². The van der Waals surface area contributed by atoms with Crippen LogP contribution in [0.2, 0.25) is 0 Å². The van der Waals surface area contributed by atoms with Crippen molar-refractivity contribution in [3.63, 3.8) is 0 Å². The standard InChI is InChI=1S/C28H34O3/c1-6-22-18-25-24(27(2,3)19-28(4,5)31-25)17-23(22)16-15-21-13-11-20(12-14-21)9-7-8-10-26(29)30/h11-14,17-18H,6-10,19H2,1-5H3,(H,29,30). The molecule has 0 unspecified atom stereocenters. The summed E-state index contributed by atoms with van der Waals surface area (Å²) in [6.07, 6.45) is 4.63. The molecule has 0 fully saturated rings. The van der Waals surface area contributed by atoms with Gasteiger partial charge in [-0.2, -0.15) is 0 Å². The average molecular weight is 419 g/mol. The number of rotatable bonds is 6. The first-order valence-corrected chi connectivity index (χ1v) is 11.3. The lowest BCUT2D eigenvalue weighted by atomic mass is 9.73. The van der Waals surface area contributed by atoms with E-state index < -0.39 is 5.97 Å². The normalized spacial score (nSPS) is 15.9. The maximum Gasteiger partial charge on any atom is 0.303 e. The molecular formula is C28H34O3. The third-order valence-corrected chi connectivity index (χ3v) is 5.97. The van der Waals surface area contributed by atoms with Gasteiger partial charge in [-0.1, -0.05) is 44.7 Å². The highest BCUT2D eigenvalue weighted by Crippen LogP contribution is 2.45. The van der Waals surface area contributed by atoms with Crippen LogP contribution in [0.5, 0.6) is 5.75 Å². The number of hydrogen-bond donors (Lipinski definition) is 1. The highest BCUT2D eigenvalue weighted by Gasteiger charge is 2.39. The molecule has 1 heterocycles. The van der Waals surface area contributed by atoms with Gasteiger partial charge in [0.05, 0.1) is 0 Å². The Morgan fingerprint density at radius 2 is 1.77 bits per heavy atom. The van der Waals surface area contributed by atoms with Gasteiger partial charge in [0.15, 0.2) is 0 Å². The Morgan fingerprint density at radius 1 is 1.06 bits per heavy atom. The van der Waals surface area contributed by atoms with Gasteiger partial charge in [-0.3, -0.25) is 4.79 Å². The van der Waals surface area contributed by atoms with E-state index in [1.54, 1.807) is 0 Å². The second kappa shape index (κ2) is 9.18. The van der Waals surface area contributed by atoms with E-state index in [4.69, 9.17) is 9.84 Å². The van der Waals surface area contributed by atoms with Crippen LogP contribution in [0.4, 0.5) is 0 Å². The summed E-state index contributed by atoms with van der Waals surface area (Å²) in [5.41, 5.74) is 5.63. The summed E-state index contributed by atoms with van der Waals surface area (Å²) in [4.78, 5) is 10.6. The van der Waals surface area contributed by atoms with Crippen molar-refractivity contribution in [2.24, 2.45) is 0 Å². The first kappa shape index (κ1) is 22.9. The largest absolute Gasteiger partial charge is 0.488 e. The van der Waals surface area contributed by atoms with Crippen LogP contribution >= 0.6 is 0 Å². The number of aliphatic carboxylic acids is 1. The van der Waals surface area contributed by atoms with Crippen molar-refractivity contribution in [2.75, 3.05) is 0 Å². The molecule has 0 atom stereocenters. The van der Waals surface area contributed by atoms with Gasteiger partial charge in [0.1, 0.15) is 11.4 Å². The van der Waals surface area contributed by atoms with Crippen molar-refractivity contribution in [3.05, 3.63) is 64.2 Å². The van der Waals surface area contributed by atoms with Crippen molar-refractivity contribution in [2.45, 2.75) is 84.2 Å². The van der Waals surface area contributed by atoms with Gasteiger partial charge in [0.2, 0.25) is 0 Å². The highest BCUT2D eigenvalue weighted by molar-refractivity contribution is 5.66.